The van der Waals surface area contributed by atoms with Crippen molar-refractivity contribution in [1.82, 2.24) is 19.9 Å². The molecule has 1 aliphatic rings. The van der Waals surface area contributed by atoms with E-state index in [-0.39, 0.29) is 18.0 Å². The number of fused-ring (bicyclic) bond motifs is 1. The normalized spacial score (nSPS) is 21.3. The molecule has 2 aromatic rings. The van der Waals surface area contributed by atoms with E-state index in [9.17, 15) is 4.79 Å². The van der Waals surface area contributed by atoms with Gasteiger partial charge >= 0.3 is 0 Å². The first-order valence-corrected chi connectivity index (χ1v) is 7.69. The van der Waals surface area contributed by atoms with Gasteiger partial charge in [-0.05, 0) is 25.0 Å². The van der Waals surface area contributed by atoms with Gasteiger partial charge in [0.2, 0.25) is 5.91 Å². The first-order valence-electron chi connectivity index (χ1n) is 7.69. The molecule has 1 saturated heterocycles. The number of likely N-dealkylation sites (tertiary alicyclic amines) is 1. The van der Waals surface area contributed by atoms with Crippen LogP contribution in [0.5, 0.6) is 0 Å². The molecule has 23 heavy (non-hydrogen) atoms. The van der Waals surface area contributed by atoms with E-state index in [0.29, 0.717) is 13.2 Å². The third-order valence-corrected chi connectivity index (χ3v) is 4.22. The molecule has 0 aromatic carbocycles. The number of anilines is 1. The number of methoxy groups -OCH3 is 1. The molecule has 0 saturated carbocycles. The Kier molecular flexibility index (Phi) is 4.57. The Morgan fingerprint density at radius 2 is 2.43 bits per heavy atom. The number of aromatic amines is 1. The van der Waals surface area contributed by atoms with Gasteiger partial charge < -0.3 is 19.9 Å². The van der Waals surface area contributed by atoms with E-state index >= 15 is 0 Å². The van der Waals surface area contributed by atoms with Crippen LogP contribution in [0.2, 0.25) is 0 Å². The van der Waals surface area contributed by atoms with Crippen molar-refractivity contribution in [3.8, 4) is 0 Å². The molecule has 0 spiro atoms. The maximum atomic E-state index is 12.1. The molecular formula is C16H21N5O2. The number of piperidine rings is 1. The third-order valence-electron chi connectivity index (χ3n) is 4.22. The number of rotatable bonds is 5. The van der Waals surface area contributed by atoms with E-state index in [4.69, 9.17) is 4.74 Å². The summed E-state index contributed by atoms with van der Waals surface area (Å²) in [5.41, 5.74) is 0.801. The number of aromatic nitrogens is 3. The van der Waals surface area contributed by atoms with Gasteiger partial charge in [0.05, 0.1) is 18.0 Å². The van der Waals surface area contributed by atoms with Gasteiger partial charge in [0.15, 0.2) is 0 Å². The second-order valence-electron chi connectivity index (χ2n) is 5.68. The zero-order chi connectivity index (χ0) is 16.2. The zero-order valence-electron chi connectivity index (χ0n) is 13.2. The molecule has 2 N–H and O–H groups in total. The van der Waals surface area contributed by atoms with Crippen LogP contribution in [0.4, 0.5) is 5.82 Å². The summed E-state index contributed by atoms with van der Waals surface area (Å²) in [6.45, 7) is 4.75. The fraction of sp³-hybridized carbons (Fsp3) is 0.438. The molecule has 2 unspecified atom stereocenters. The van der Waals surface area contributed by atoms with Crippen LogP contribution in [0, 0.1) is 0 Å². The maximum Gasteiger partial charge on any atom is 0.246 e. The summed E-state index contributed by atoms with van der Waals surface area (Å²) < 4.78 is 5.23. The highest BCUT2D eigenvalue weighted by atomic mass is 16.5. The summed E-state index contributed by atoms with van der Waals surface area (Å²) in [5, 5.41) is 4.39. The molecule has 2 atom stereocenters. The predicted octanol–water partition coefficient (Wildman–Crippen LogP) is 1.56. The lowest BCUT2D eigenvalue weighted by molar-refractivity contribution is -0.131. The van der Waals surface area contributed by atoms with E-state index < -0.39 is 0 Å². The SMILES string of the molecule is C=CC(=O)N1CC(Nc2ncnc3[nH]ccc23)CCC1COC. The summed E-state index contributed by atoms with van der Waals surface area (Å²) in [5.74, 6) is 0.727. The van der Waals surface area contributed by atoms with Crippen molar-refractivity contribution in [2.24, 2.45) is 0 Å². The van der Waals surface area contributed by atoms with Crippen LogP contribution in [0.25, 0.3) is 11.0 Å². The second kappa shape index (κ2) is 6.78. The van der Waals surface area contributed by atoms with Crippen LogP contribution in [-0.4, -0.2) is 58.1 Å². The van der Waals surface area contributed by atoms with E-state index in [0.717, 1.165) is 29.7 Å². The highest BCUT2D eigenvalue weighted by Crippen LogP contribution is 2.24. The van der Waals surface area contributed by atoms with Gasteiger partial charge in [-0.1, -0.05) is 6.58 Å². The molecule has 1 amide bonds. The molecule has 3 heterocycles. The monoisotopic (exact) mass is 315 g/mol. The summed E-state index contributed by atoms with van der Waals surface area (Å²) >= 11 is 0. The smallest absolute Gasteiger partial charge is 0.246 e. The summed E-state index contributed by atoms with van der Waals surface area (Å²) in [6.07, 6.45) is 6.56. The van der Waals surface area contributed by atoms with Crippen LogP contribution in [0.3, 0.4) is 0 Å². The van der Waals surface area contributed by atoms with Crippen molar-refractivity contribution in [3.05, 3.63) is 31.2 Å². The van der Waals surface area contributed by atoms with Crippen LogP contribution < -0.4 is 5.32 Å². The van der Waals surface area contributed by atoms with Crippen molar-refractivity contribution in [2.75, 3.05) is 25.6 Å². The fourth-order valence-electron chi connectivity index (χ4n) is 3.08. The summed E-state index contributed by atoms with van der Waals surface area (Å²) in [7, 11) is 1.66. The van der Waals surface area contributed by atoms with E-state index in [1.54, 1.807) is 7.11 Å². The first-order chi connectivity index (χ1) is 11.2. The van der Waals surface area contributed by atoms with Crippen molar-refractivity contribution in [3.63, 3.8) is 0 Å². The maximum absolute atomic E-state index is 12.1. The Bertz CT molecular complexity index is 699. The number of amides is 1. The van der Waals surface area contributed by atoms with Gasteiger partial charge in [-0.3, -0.25) is 4.79 Å². The van der Waals surface area contributed by atoms with E-state index in [2.05, 4.69) is 26.8 Å². The zero-order valence-corrected chi connectivity index (χ0v) is 13.2. The molecule has 0 bridgehead atoms. The molecule has 3 rings (SSSR count). The number of hydrogen-bond donors (Lipinski definition) is 2. The van der Waals surface area contributed by atoms with Crippen molar-refractivity contribution < 1.29 is 9.53 Å². The second-order valence-corrected chi connectivity index (χ2v) is 5.68. The number of hydrogen-bond acceptors (Lipinski definition) is 5. The Balaban J connectivity index is 1.75. The molecule has 0 aliphatic carbocycles. The molecule has 1 aliphatic heterocycles. The molecule has 2 aromatic heterocycles. The summed E-state index contributed by atoms with van der Waals surface area (Å²) in [4.78, 5) is 25.5. The number of nitrogens with one attached hydrogen (secondary N) is 2. The molecule has 1 fully saturated rings. The molecule has 7 nitrogen and oxygen atoms in total. The molecular weight excluding hydrogens is 294 g/mol. The predicted molar refractivity (Wildman–Crippen MR) is 88.1 cm³/mol. The average Bonchev–Trinajstić information content (AvgIpc) is 3.05. The molecule has 0 radical (unpaired) electrons. The number of H-pyrrole nitrogens is 1. The van der Waals surface area contributed by atoms with Crippen LogP contribution in [0.1, 0.15) is 12.8 Å². The van der Waals surface area contributed by atoms with Crippen molar-refractivity contribution in [2.45, 2.75) is 24.9 Å². The van der Waals surface area contributed by atoms with Gasteiger partial charge in [0, 0.05) is 25.9 Å². The number of ether oxygens (including phenoxy) is 1. The first kappa shape index (κ1) is 15.5. The van der Waals surface area contributed by atoms with E-state index in [1.807, 2.05) is 17.2 Å². The largest absolute Gasteiger partial charge is 0.383 e. The Hall–Kier alpha value is -2.41. The Morgan fingerprint density at radius 1 is 1.57 bits per heavy atom. The highest BCUT2D eigenvalue weighted by Gasteiger charge is 2.30. The standard InChI is InChI=1S/C16H21N5O2/c1-3-14(22)21-8-11(4-5-12(21)9-23-2)20-16-13-6-7-17-15(13)18-10-19-16/h3,6-7,10-12H,1,4-5,8-9H2,2H3,(H2,17,18,19,20). The quantitative estimate of drug-likeness (QED) is 0.818. The van der Waals surface area contributed by atoms with Crippen LogP contribution in [-0.2, 0) is 9.53 Å². The van der Waals surface area contributed by atoms with Gasteiger partial charge in [-0.15, -0.1) is 0 Å². The van der Waals surface area contributed by atoms with Gasteiger partial charge in [-0.25, -0.2) is 9.97 Å². The topological polar surface area (TPSA) is 83.1 Å². The third kappa shape index (κ3) is 3.19. The average molecular weight is 315 g/mol. The lowest BCUT2D eigenvalue weighted by atomic mass is 9.98. The number of carbonyl (C=O) groups is 1. The minimum Gasteiger partial charge on any atom is -0.383 e. The summed E-state index contributed by atoms with van der Waals surface area (Å²) in [6, 6.07) is 2.18. The molecule has 7 heteroatoms. The Labute approximate surface area is 134 Å². The van der Waals surface area contributed by atoms with Crippen LogP contribution in [0.15, 0.2) is 31.2 Å². The van der Waals surface area contributed by atoms with Gasteiger partial charge in [-0.2, -0.15) is 0 Å². The highest BCUT2D eigenvalue weighted by molar-refractivity contribution is 5.88. The van der Waals surface area contributed by atoms with E-state index in [1.165, 1.54) is 12.4 Å². The van der Waals surface area contributed by atoms with Crippen LogP contribution >= 0.6 is 0 Å². The molecule has 122 valence electrons. The number of nitrogens with zero attached hydrogens (tertiary/aromatic N) is 3. The lowest BCUT2D eigenvalue weighted by Gasteiger charge is -2.39. The fourth-order valence-corrected chi connectivity index (χ4v) is 3.08. The minimum atomic E-state index is -0.0620. The minimum absolute atomic E-state index is 0.0620. The number of carbonyl (C=O) groups excluding carboxylic acids is 1. The lowest BCUT2D eigenvalue weighted by Crippen LogP contribution is -2.52. The van der Waals surface area contributed by atoms with Gasteiger partial charge in [0.1, 0.15) is 17.8 Å². The van der Waals surface area contributed by atoms with Crippen molar-refractivity contribution >= 4 is 22.8 Å². The Morgan fingerprint density at radius 3 is 3.22 bits per heavy atom. The van der Waals surface area contributed by atoms with Gasteiger partial charge in [0.25, 0.3) is 0 Å². The van der Waals surface area contributed by atoms with Crippen molar-refractivity contribution in [1.29, 1.82) is 0 Å².